The van der Waals surface area contributed by atoms with Gasteiger partial charge in [-0.05, 0) is 49.8 Å². The van der Waals surface area contributed by atoms with E-state index in [1.807, 2.05) is 49.4 Å². The Morgan fingerprint density at radius 1 is 1.04 bits per heavy atom. The molecule has 2 aromatic rings. The molecule has 0 radical (unpaired) electrons. The number of ether oxygens (including phenoxy) is 1. The number of aryl methyl sites for hydroxylation is 1. The monoisotopic (exact) mass is 309 g/mol. The number of methoxy groups -OCH3 is 1. The van der Waals surface area contributed by atoms with Crippen molar-refractivity contribution < 1.29 is 14.4 Å². The van der Waals surface area contributed by atoms with E-state index >= 15 is 0 Å². The van der Waals surface area contributed by atoms with E-state index in [-0.39, 0.29) is 0 Å². The molecule has 0 spiro atoms. The van der Waals surface area contributed by atoms with Crippen molar-refractivity contribution in [2.24, 2.45) is 5.16 Å². The molecule has 0 aromatic heterocycles. The van der Waals surface area contributed by atoms with Crippen molar-refractivity contribution in [1.82, 2.24) is 0 Å². The molecule has 23 heavy (non-hydrogen) atoms. The molecule has 2 rings (SSSR count). The van der Waals surface area contributed by atoms with Crippen LogP contribution in [0.3, 0.4) is 0 Å². The number of hydrogen-bond donors (Lipinski definition) is 0. The molecule has 0 aliphatic carbocycles. The van der Waals surface area contributed by atoms with Crippen molar-refractivity contribution in [2.45, 2.75) is 13.8 Å². The number of oxime groups is 1. The lowest BCUT2D eigenvalue weighted by Gasteiger charge is -2.00. The fourth-order valence-electron chi connectivity index (χ4n) is 1.82. The van der Waals surface area contributed by atoms with Crippen LogP contribution in [0.2, 0.25) is 0 Å². The van der Waals surface area contributed by atoms with Crippen molar-refractivity contribution in [3.05, 3.63) is 71.3 Å². The lowest BCUT2D eigenvalue weighted by atomic mass is 10.2. The summed E-state index contributed by atoms with van der Waals surface area (Å²) in [5.74, 6) is 0.335. The molecular weight excluding hydrogens is 290 g/mol. The Kier molecular flexibility index (Phi) is 5.69. The average molecular weight is 309 g/mol. The summed E-state index contributed by atoms with van der Waals surface area (Å²) in [7, 11) is 1.63. The molecule has 0 heterocycles. The minimum Gasteiger partial charge on any atom is -0.497 e. The molecule has 4 heteroatoms. The van der Waals surface area contributed by atoms with E-state index in [1.54, 1.807) is 32.2 Å². The van der Waals surface area contributed by atoms with Crippen LogP contribution in [0.5, 0.6) is 5.75 Å². The second-order valence-electron chi connectivity index (χ2n) is 5.08. The maximum Gasteiger partial charge on any atom is 0.365 e. The summed E-state index contributed by atoms with van der Waals surface area (Å²) in [6, 6.07) is 14.8. The van der Waals surface area contributed by atoms with E-state index in [1.165, 1.54) is 0 Å². The molecule has 0 atom stereocenters. The maximum absolute atomic E-state index is 11.8. The normalized spacial score (nSPS) is 11.5. The molecule has 0 saturated heterocycles. The largest absolute Gasteiger partial charge is 0.497 e. The minimum absolute atomic E-state index is 0.470. The zero-order chi connectivity index (χ0) is 16.7. The topological polar surface area (TPSA) is 47.9 Å². The highest BCUT2D eigenvalue weighted by Gasteiger charge is 2.05. The third kappa shape index (κ3) is 5.11. The van der Waals surface area contributed by atoms with Gasteiger partial charge in [0.05, 0.1) is 18.4 Å². The van der Waals surface area contributed by atoms with Gasteiger partial charge in [-0.15, -0.1) is 0 Å². The first kappa shape index (κ1) is 16.5. The van der Waals surface area contributed by atoms with E-state index in [9.17, 15) is 4.79 Å². The van der Waals surface area contributed by atoms with Gasteiger partial charge in [0.2, 0.25) is 0 Å². The lowest BCUT2D eigenvalue weighted by molar-refractivity contribution is 0.0516. The molecule has 4 nitrogen and oxygen atoms in total. The Morgan fingerprint density at radius 3 is 2.30 bits per heavy atom. The van der Waals surface area contributed by atoms with Gasteiger partial charge in [0.1, 0.15) is 5.75 Å². The second kappa shape index (κ2) is 7.94. The standard InChI is InChI=1S/C19H19NO3/c1-14-4-10-17(11-5-14)19(21)23-20-15(2)6-7-16-8-12-18(22-3)13-9-16/h4-13H,1-3H3. The van der Waals surface area contributed by atoms with Crippen molar-refractivity contribution in [3.8, 4) is 5.75 Å². The Hall–Kier alpha value is -2.88. The van der Waals surface area contributed by atoms with E-state index in [4.69, 9.17) is 9.57 Å². The Morgan fingerprint density at radius 2 is 1.70 bits per heavy atom. The third-order valence-electron chi connectivity index (χ3n) is 3.19. The van der Waals surface area contributed by atoms with Crippen molar-refractivity contribution in [1.29, 1.82) is 0 Å². The van der Waals surface area contributed by atoms with Crippen LogP contribution >= 0.6 is 0 Å². The first-order valence-electron chi connectivity index (χ1n) is 7.23. The van der Waals surface area contributed by atoms with Gasteiger partial charge in [0.15, 0.2) is 0 Å². The van der Waals surface area contributed by atoms with E-state index in [2.05, 4.69) is 5.16 Å². The summed E-state index contributed by atoms with van der Waals surface area (Å²) in [6.07, 6.45) is 3.67. The predicted octanol–water partition coefficient (Wildman–Crippen LogP) is 4.25. The Labute approximate surface area is 136 Å². The molecule has 0 aliphatic rings. The van der Waals surface area contributed by atoms with Crippen molar-refractivity contribution >= 4 is 17.8 Å². The highest BCUT2D eigenvalue weighted by atomic mass is 16.7. The van der Waals surface area contributed by atoms with Gasteiger partial charge >= 0.3 is 5.97 Å². The number of rotatable bonds is 5. The van der Waals surface area contributed by atoms with E-state index < -0.39 is 5.97 Å². The number of hydrogen-bond acceptors (Lipinski definition) is 4. The smallest absolute Gasteiger partial charge is 0.365 e. The van der Waals surface area contributed by atoms with Gasteiger partial charge in [-0.3, -0.25) is 0 Å². The fourth-order valence-corrected chi connectivity index (χ4v) is 1.82. The van der Waals surface area contributed by atoms with Crippen LogP contribution in [0.25, 0.3) is 6.08 Å². The lowest BCUT2D eigenvalue weighted by Crippen LogP contribution is -2.02. The summed E-state index contributed by atoms with van der Waals surface area (Å²) < 4.78 is 5.10. The zero-order valence-corrected chi connectivity index (χ0v) is 13.4. The first-order chi connectivity index (χ1) is 11.1. The summed E-state index contributed by atoms with van der Waals surface area (Å²) in [5, 5.41) is 3.83. The maximum atomic E-state index is 11.8. The number of benzene rings is 2. The summed E-state index contributed by atoms with van der Waals surface area (Å²) in [6.45, 7) is 3.73. The summed E-state index contributed by atoms with van der Waals surface area (Å²) in [5.41, 5.74) is 3.17. The molecule has 0 bridgehead atoms. The molecule has 0 aliphatic heterocycles. The number of carbonyl (C=O) groups excluding carboxylic acids is 1. The van der Waals surface area contributed by atoms with Gasteiger partial charge < -0.3 is 9.57 Å². The van der Waals surface area contributed by atoms with Crippen LogP contribution in [-0.2, 0) is 4.84 Å². The summed E-state index contributed by atoms with van der Waals surface area (Å²) >= 11 is 0. The minimum atomic E-state index is -0.470. The zero-order valence-electron chi connectivity index (χ0n) is 13.4. The van der Waals surface area contributed by atoms with Crippen molar-refractivity contribution in [2.75, 3.05) is 7.11 Å². The molecule has 0 N–H and O–H groups in total. The van der Waals surface area contributed by atoms with Crippen LogP contribution in [0.4, 0.5) is 0 Å². The van der Waals surface area contributed by atoms with Crippen molar-refractivity contribution in [3.63, 3.8) is 0 Å². The van der Waals surface area contributed by atoms with Gasteiger partial charge in [-0.25, -0.2) is 4.79 Å². The number of allylic oxidation sites excluding steroid dienone is 1. The average Bonchev–Trinajstić information content (AvgIpc) is 2.59. The van der Waals surface area contributed by atoms with Crippen LogP contribution in [0, 0.1) is 6.92 Å². The second-order valence-corrected chi connectivity index (χ2v) is 5.08. The molecule has 0 unspecified atom stereocenters. The van der Waals surface area contributed by atoms with Gasteiger partial charge in [-0.2, -0.15) is 0 Å². The van der Waals surface area contributed by atoms with Gasteiger partial charge in [0, 0.05) is 0 Å². The SMILES string of the molecule is COc1ccc(C=CC(C)=NOC(=O)c2ccc(C)cc2)cc1. The molecule has 0 saturated carbocycles. The molecular formula is C19H19NO3. The first-order valence-corrected chi connectivity index (χ1v) is 7.23. The van der Waals surface area contributed by atoms with Gasteiger partial charge in [0.25, 0.3) is 0 Å². The van der Waals surface area contributed by atoms with E-state index in [0.29, 0.717) is 11.3 Å². The number of carbonyl (C=O) groups is 1. The molecule has 2 aromatic carbocycles. The molecule has 0 fully saturated rings. The van der Waals surface area contributed by atoms with Crippen LogP contribution in [0.15, 0.2) is 59.8 Å². The molecule has 118 valence electrons. The predicted molar refractivity (Wildman–Crippen MR) is 91.7 cm³/mol. The fraction of sp³-hybridized carbons (Fsp3) is 0.158. The van der Waals surface area contributed by atoms with Crippen LogP contribution < -0.4 is 4.74 Å². The Balaban J connectivity index is 1.95. The van der Waals surface area contributed by atoms with Gasteiger partial charge in [-0.1, -0.05) is 41.1 Å². The summed E-state index contributed by atoms with van der Waals surface area (Å²) in [4.78, 5) is 16.8. The molecule has 0 amide bonds. The Bertz CT molecular complexity index is 713. The third-order valence-corrected chi connectivity index (χ3v) is 3.19. The highest BCUT2D eigenvalue weighted by molar-refractivity contribution is 5.97. The van der Waals surface area contributed by atoms with Crippen LogP contribution in [0.1, 0.15) is 28.4 Å². The number of nitrogens with zero attached hydrogens (tertiary/aromatic N) is 1. The van der Waals surface area contributed by atoms with Crippen LogP contribution in [-0.4, -0.2) is 18.8 Å². The van der Waals surface area contributed by atoms with E-state index in [0.717, 1.165) is 16.9 Å². The highest BCUT2D eigenvalue weighted by Crippen LogP contribution is 2.12. The quantitative estimate of drug-likeness (QED) is 0.471.